The molecule has 20 heavy (non-hydrogen) atoms. The third-order valence-corrected chi connectivity index (χ3v) is 3.42. The summed E-state index contributed by atoms with van der Waals surface area (Å²) in [5, 5.41) is 18.9. The van der Waals surface area contributed by atoms with Crippen LogP contribution in [0.5, 0.6) is 0 Å². The summed E-state index contributed by atoms with van der Waals surface area (Å²) in [7, 11) is -0.893. The molecule has 108 valence electrons. The molecule has 0 aliphatic heterocycles. The summed E-state index contributed by atoms with van der Waals surface area (Å²) >= 11 is 0. The lowest BCUT2D eigenvalue weighted by molar-refractivity contribution is 0.250. The Balaban J connectivity index is 2.19. The van der Waals surface area contributed by atoms with Crippen molar-refractivity contribution in [2.45, 2.75) is 45.4 Å². The second kappa shape index (κ2) is 10.5. The van der Waals surface area contributed by atoms with E-state index in [4.69, 9.17) is 9.92 Å². The first kappa shape index (κ1) is 16.7. The van der Waals surface area contributed by atoms with Crippen LogP contribution in [0.1, 0.15) is 45.4 Å². The molecule has 0 amide bonds. The molecule has 1 N–H and O–H groups in total. The fourth-order valence-electron chi connectivity index (χ4n) is 2.13. The van der Waals surface area contributed by atoms with Gasteiger partial charge in [0.2, 0.25) is 0 Å². The molecule has 0 saturated heterocycles. The lowest BCUT2D eigenvalue weighted by Gasteiger charge is -2.11. The first-order valence-electron chi connectivity index (χ1n) is 7.52. The number of hydrogen-bond donors (Lipinski definition) is 1. The Hall–Kier alpha value is -1.31. The average Bonchev–Trinajstić information content (AvgIpc) is 2.50. The van der Waals surface area contributed by atoms with Crippen molar-refractivity contribution in [1.82, 2.24) is 0 Å². The molecule has 1 aromatic carbocycles. The lowest BCUT2D eigenvalue weighted by Crippen LogP contribution is -2.34. The highest BCUT2D eigenvalue weighted by Crippen LogP contribution is 2.13. The summed E-state index contributed by atoms with van der Waals surface area (Å²) < 4.78 is 5.39. The van der Waals surface area contributed by atoms with Crippen LogP contribution in [0.3, 0.4) is 0 Å². The third kappa shape index (κ3) is 6.74. The second-order valence-corrected chi connectivity index (χ2v) is 5.10. The summed E-state index contributed by atoms with van der Waals surface area (Å²) in [6.45, 7) is 2.60. The van der Waals surface area contributed by atoms with Crippen LogP contribution in [0.4, 0.5) is 0 Å². The van der Waals surface area contributed by atoms with E-state index in [1.54, 1.807) is 0 Å². The zero-order chi connectivity index (χ0) is 14.6. The highest BCUT2D eigenvalue weighted by molar-refractivity contribution is 6.59. The van der Waals surface area contributed by atoms with Gasteiger partial charge >= 0.3 is 7.12 Å². The topological polar surface area (TPSA) is 53.2 Å². The molecular weight excluding hydrogens is 249 g/mol. The van der Waals surface area contributed by atoms with Gasteiger partial charge in [0.15, 0.2) is 0 Å². The van der Waals surface area contributed by atoms with Gasteiger partial charge in [-0.1, -0.05) is 62.9 Å². The Morgan fingerprint density at radius 1 is 1.20 bits per heavy atom. The van der Waals surface area contributed by atoms with E-state index in [-0.39, 0.29) is 5.92 Å². The lowest BCUT2D eigenvalue weighted by atomic mass is 9.79. The van der Waals surface area contributed by atoms with E-state index in [1.165, 1.54) is 19.3 Å². The SMILES string of the molecule is CCCCCCC(C#N)CCOB(O)c1ccccc1. The van der Waals surface area contributed by atoms with Crippen LogP contribution in [-0.2, 0) is 4.65 Å². The Kier molecular flexibility index (Phi) is 8.77. The molecule has 1 rings (SSSR count). The largest absolute Gasteiger partial charge is 0.491 e. The van der Waals surface area contributed by atoms with Gasteiger partial charge in [-0.2, -0.15) is 5.26 Å². The van der Waals surface area contributed by atoms with Gasteiger partial charge < -0.3 is 9.68 Å². The highest BCUT2D eigenvalue weighted by atomic mass is 16.5. The molecule has 4 heteroatoms. The van der Waals surface area contributed by atoms with E-state index in [1.807, 2.05) is 30.3 Å². The minimum Gasteiger partial charge on any atom is -0.423 e. The van der Waals surface area contributed by atoms with Crippen LogP contribution >= 0.6 is 0 Å². The number of hydrogen-bond acceptors (Lipinski definition) is 3. The first-order chi connectivity index (χ1) is 9.77. The Bertz CT molecular complexity index is 391. The zero-order valence-electron chi connectivity index (χ0n) is 12.3. The van der Waals surface area contributed by atoms with Gasteiger partial charge in [0.25, 0.3) is 0 Å². The van der Waals surface area contributed by atoms with E-state index in [0.717, 1.165) is 18.3 Å². The van der Waals surface area contributed by atoms with Crippen molar-refractivity contribution in [2.24, 2.45) is 5.92 Å². The Labute approximate surface area is 122 Å². The van der Waals surface area contributed by atoms with Crippen molar-refractivity contribution in [1.29, 1.82) is 5.26 Å². The number of nitrogens with zero attached hydrogens (tertiary/aromatic N) is 1. The molecular formula is C16H24BNO2. The van der Waals surface area contributed by atoms with Crippen molar-refractivity contribution in [3.8, 4) is 6.07 Å². The van der Waals surface area contributed by atoms with E-state index < -0.39 is 7.12 Å². The van der Waals surface area contributed by atoms with Crippen LogP contribution in [0.25, 0.3) is 0 Å². The van der Waals surface area contributed by atoms with E-state index in [9.17, 15) is 5.02 Å². The van der Waals surface area contributed by atoms with Crippen molar-refractivity contribution in [3.63, 3.8) is 0 Å². The molecule has 1 atom stereocenters. The third-order valence-electron chi connectivity index (χ3n) is 3.42. The predicted octanol–water partition coefficient (Wildman–Crippen LogP) is 2.89. The summed E-state index contributed by atoms with van der Waals surface area (Å²) in [6.07, 6.45) is 6.37. The normalized spacial score (nSPS) is 11.8. The summed E-state index contributed by atoms with van der Waals surface area (Å²) in [6, 6.07) is 11.6. The quantitative estimate of drug-likeness (QED) is 0.526. The monoisotopic (exact) mass is 273 g/mol. The molecule has 0 aliphatic carbocycles. The smallest absolute Gasteiger partial charge is 0.423 e. The summed E-state index contributed by atoms with van der Waals surface area (Å²) in [4.78, 5) is 0. The van der Waals surface area contributed by atoms with Gasteiger partial charge in [0.1, 0.15) is 0 Å². The minimum atomic E-state index is -0.893. The van der Waals surface area contributed by atoms with Crippen molar-refractivity contribution in [3.05, 3.63) is 30.3 Å². The molecule has 0 bridgehead atoms. The molecule has 0 radical (unpaired) electrons. The van der Waals surface area contributed by atoms with Crippen LogP contribution in [-0.4, -0.2) is 18.7 Å². The standard InChI is InChI=1S/C16H24BNO2/c1-2-3-4-6-9-15(14-18)12-13-20-17(19)16-10-7-5-8-11-16/h5,7-8,10-11,15,19H,2-4,6,9,12-13H2,1H3. The molecule has 0 aliphatic rings. The number of rotatable bonds is 10. The summed E-state index contributed by atoms with van der Waals surface area (Å²) in [5.74, 6) is 0.0369. The maximum atomic E-state index is 9.85. The minimum absolute atomic E-state index is 0.0369. The summed E-state index contributed by atoms with van der Waals surface area (Å²) in [5.41, 5.74) is 0.754. The molecule has 0 saturated carbocycles. The van der Waals surface area contributed by atoms with E-state index in [0.29, 0.717) is 13.0 Å². The fourth-order valence-corrected chi connectivity index (χ4v) is 2.13. The van der Waals surface area contributed by atoms with Gasteiger partial charge in [0, 0.05) is 12.5 Å². The zero-order valence-corrected chi connectivity index (χ0v) is 12.3. The molecule has 0 heterocycles. The van der Waals surface area contributed by atoms with Gasteiger partial charge in [-0.05, 0) is 18.3 Å². The van der Waals surface area contributed by atoms with Crippen LogP contribution in [0.15, 0.2) is 30.3 Å². The van der Waals surface area contributed by atoms with Crippen molar-refractivity contribution < 1.29 is 9.68 Å². The van der Waals surface area contributed by atoms with Gasteiger partial charge in [-0.25, -0.2) is 0 Å². The van der Waals surface area contributed by atoms with Gasteiger partial charge in [-0.15, -0.1) is 0 Å². The Morgan fingerprint density at radius 3 is 2.60 bits per heavy atom. The highest BCUT2D eigenvalue weighted by Gasteiger charge is 2.16. The van der Waals surface area contributed by atoms with Crippen molar-refractivity contribution in [2.75, 3.05) is 6.61 Å². The molecule has 3 nitrogen and oxygen atoms in total. The molecule has 0 aromatic heterocycles. The van der Waals surface area contributed by atoms with Gasteiger partial charge in [-0.3, -0.25) is 0 Å². The van der Waals surface area contributed by atoms with Crippen molar-refractivity contribution >= 4 is 12.6 Å². The number of benzene rings is 1. The average molecular weight is 273 g/mol. The van der Waals surface area contributed by atoms with E-state index in [2.05, 4.69) is 13.0 Å². The second-order valence-electron chi connectivity index (χ2n) is 5.10. The molecule has 0 fully saturated rings. The van der Waals surface area contributed by atoms with Gasteiger partial charge in [0.05, 0.1) is 6.07 Å². The number of unbranched alkanes of at least 4 members (excludes halogenated alkanes) is 3. The maximum Gasteiger partial charge on any atom is 0.491 e. The molecule has 1 unspecified atom stereocenters. The van der Waals surface area contributed by atoms with Crippen LogP contribution < -0.4 is 5.46 Å². The first-order valence-corrected chi connectivity index (χ1v) is 7.52. The van der Waals surface area contributed by atoms with Crippen LogP contribution in [0.2, 0.25) is 0 Å². The van der Waals surface area contributed by atoms with Crippen LogP contribution in [0, 0.1) is 17.2 Å². The maximum absolute atomic E-state index is 9.85. The van der Waals surface area contributed by atoms with E-state index >= 15 is 0 Å². The number of nitriles is 1. The Morgan fingerprint density at radius 2 is 1.95 bits per heavy atom. The molecule has 1 aromatic rings. The fraction of sp³-hybridized carbons (Fsp3) is 0.562. The molecule has 0 spiro atoms. The predicted molar refractivity (Wildman–Crippen MR) is 82.5 cm³/mol.